The van der Waals surface area contributed by atoms with Gasteiger partial charge in [0.1, 0.15) is 4.90 Å². The van der Waals surface area contributed by atoms with Crippen molar-refractivity contribution in [3.05, 3.63) is 11.9 Å². The third-order valence-electron chi connectivity index (χ3n) is 3.66. The predicted octanol–water partition coefficient (Wildman–Crippen LogP) is -0.237. The van der Waals surface area contributed by atoms with Crippen molar-refractivity contribution >= 4 is 10.0 Å². The highest BCUT2D eigenvalue weighted by molar-refractivity contribution is 7.89. The second-order valence-electron chi connectivity index (χ2n) is 5.10. The number of piperazine rings is 1. The van der Waals surface area contributed by atoms with Crippen LogP contribution in [0.25, 0.3) is 0 Å². The summed E-state index contributed by atoms with van der Waals surface area (Å²) in [5.41, 5.74) is 6.07. The van der Waals surface area contributed by atoms with Gasteiger partial charge in [-0.1, -0.05) is 0 Å². The summed E-state index contributed by atoms with van der Waals surface area (Å²) in [6.45, 7) is 6.07. The van der Waals surface area contributed by atoms with E-state index in [0.29, 0.717) is 25.3 Å². The number of rotatable bonds is 6. The van der Waals surface area contributed by atoms with Crippen molar-refractivity contribution in [2.75, 3.05) is 39.3 Å². The van der Waals surface area contributed by atoms with Crippen LogP contribution in [0.4, 0.5) is 0 Å². The molecule has 1 saturated heterocycles. The second-order valence-corrected chi connectivity index (χ2v) is 7.01. The summed E-state index contributed by atoms with van der Waals surface area (Å²) in [6.07, 6.45) is 3.48. The molecule has 0 aliphatic carbocycles. The van der Waals surface area contributed by atoms with Gasteiger partial charge in [0.2, 0.25) is 10.0 Å². The Labute approximate surface area is 120 Å². The molecule has 8 heteroatoms. The van der Waals surface area contributed by atoms with Crippen LogP contribution in [0.15, 0.2) is 11.1 Å². The molecule has 1 aliphatic rings. The Morgan fingerprint density at radius 1 is 1.30 bits per heavy atom. The maximum absolute atomic E-state index is 12.5. The summed E-state index contributed by atoms with van der Waals surface area (Å²) in [6, 6.07) is 0. The predicted molar refractivity (Wildman–Crippen MR) is 76.8 cm³/mol. The van der Waals surface area contributed by atoms with Gasteiger partial charge in [-0.25, -0.2) is 8.42 Å². The highest BCUT2D eigenvalue weighted by Gasteiger charge is 2.30. The van der Waals surface area contributed by atoms with Crippen molar-refractivity contribution in [3.8, 4) is 0 Å². The fraction of sp³-hybridized carbons (Fsp3) is 0.750. The molecule has 2 heterocycles. The number of H-pyrrole nitrogens is 1. The molecular formula is C12H23N5O2S. The van der Waals surface area contributed by atoms with Crippen LogP contribution >= 0.6 is 0 Å². The number of nitrogens with one attached hydrogen (secondary N) is 1. The van der Waals surface area contributed by atoms with Gasteiger partial charge in [-0.2, -0.15) is 9.40 Å². The Bertz CT molecular complexity index is 520. The number of hydrogen-bond donors (Lipinski definition) is 2. The lowest BCUT2D eigenvalue weighted by Crippen LogP contribution is -2.48. The average Bonchev–Trinajstić information content (AvgIpc) is 2.87. The summed E-state index contributed by atoms with van der Waals surface area (Å²) in [7, 11) is -3.41. The van der Waals surface area contributed by atoms with Gasteiger partial charge in [-0.3, -0.25) is 5.10 Å². The molecule has 0 bridgehead atoms. The third-order valence-corrected chi connectivity index (χ3v) is 5.67. The molecule has 3 N–H and O–H groups in total. The maximum Gasteiger partial charge on any atom is 0.246 e. The van der Waals surface area contributed by atoms with E-state index in [2.05, 4.69) is 15.1 Å². The van der Waals surface area contributed by atoms with Gasteiger partial charge in [-0.05, 0) is 32.9 Å². The number of aromatic amines is 1. The molecule has 0 spiro atoms. The lowest BCUT2D eigenvalue weighted by Gasteiger charge is -2.33. The van der Waals surface area contributed by atoms with Crippen LogP contribution in [0.3, 0.4) is 0 Å². The quantitative estimate of drug-likeness (QED) is 0.707. The molecule has 20 heavy (non-hydrogen) atoms. The van der Waals surface area contributed by atoms with E-state index in [0.717, 1.165) is 32.5 Å². The van der Waals surface area contributed by atoms with Crippen LogP contribution < -0.4 is 5.73 Å². The Balaban J connectivity index is 1.92. The number of sulfonamides is 1. The molecule has 0 atom stereocenters. The van der Waals surface area contributed by atoms with Crippen molar-refractivity contribution in [1.29, 1.82) is 0 Å². The van der Waals surface area contributed by atoms with Crippen LogP contribution in [0.5, 0.6) is 0 Å². The number of aryl methyl sites for hydroxylation is 1. The van der Waals surface area contributed by atoms with Crippen molar-refractivity contribution in [2.45, 2.75) is 24.7 Å². The van der Waals surface area contributed by atoms with E-state index in [4.69, 9.17) is 5.73 Å². The van der Waals surface area contributed by atoms with Crippen molar-refractivity contribution < 1.29 is 8.42 Å². The summed E-state index contributed by atoms with van der Waals surface area (Å²) >= 11 is 0. The first-order chi connectivity index (χ1) is 9.55. The van der Waals surface area contributed by atoms with Crippen molar-refractivity contribution in [3.63, 3.8) is 0 Å². The van der Waals surface area contributed by atoms with E-state index in [-0.39, 0.29) is 4.90 Å². The summed E-state index contributed by atoms with van der Waals surface area (Å²) in [5, 5.41) is 6.47. The van der Waals surface area contributed by atoms with E-state index in [1.165, 1.54) is 6.20 Å². The molecule has 0 amide bonds. The van der Waals surface area contributed by atoms with E-state index < -0.39 is 10.0 Å². The first-order valence-electron chi connectivity index (χ1n) is 6.98. The van der Waals surface area contributed by atoms with Gasteiger partial charge in [0.15, 0.2) is 0 Å². The molecule has 114 valence electrons. The zero-order valence-corrected chi connectivity index (χ0v) is 12.7. The molecule has 7 nitrogen and oxygen atoms in total. The standard InChI is InChI=1S/C12H23N5O2S/c1-11-12(10-14-15-11)20(18,19)17-8-6-16(7-9-17)5-3-2-4-13/h10H,2-9,13H2,1H3,(H,14,15). The number of hydrogen-bond acceptors (Lipinski definition) is 5. The highest BCUT2D eigenvalue weighted by atomic mass is 32.2. The van der Waals surface area contributed by atoms with E-state index in [1.54, 1.807) is 11.2 Å². The van der Waals surface area contributed by atoms with Gasteiger partial charge in [-0.15, -0.1) is 0 Å². The monoisotopic (exact) mass is 301 g/mol. The van der Waals surface area contributed by atoms with Crippen LogP contribution in [0, 0.1) is 6.92 Å². The minimum absolute atomic E-state index is 0.286. The van der Waals surface area contributed by atoms with Gasteiger partial charge in [0.05, 0.1) is 11.9 Å². The Hall–Kier alpha value is -0.960. The van der Waals surface area contributed by atoms with Gasteiger partial charge in [0, 0.05) is 26.2 Å². The molecule has 0 aromatic carbocycles. The van der Waals surface area contributed by atoms with Gasteiger partial charge < -0.3 is 10.6 Å². The molecular weight excluding hydrogens is 278 g/mol. The smallest absolute Gasteiger partial charge is 0.246 e. The van der Waals surface area contributed by atoms with E-state index in [9.17, 15) is 8.42 Å². The Kier molecular flexibility index (Phi) is 5.14. The molecule has 2 rings (SSSR count). The van der Waals surface area contributed by atoms with Gasteiger partial charge >= 0.3 is 0 Å². The fourth-order valence-corrected chi connectivity index (χ4v) is 3.95. The lowest BCUT2D eigenvalue weighted by atomic mass is 10.2. The summed E-state index contributed by atoms with van der Waals surface area (Å²) in [5.74, 6) is 0. The number of nitrogens with zero attached hydrogens (tertiary/aromatic N) is 3. The molecule has 0 saturated carbocycles. The summed E-state index contributed by atoms with van der Waals surface area (Å²) < 4.78 is 26.5. The van der Waals surface area contributed by atoms with E-state index >= 15 is 0 Å². The molecule has 1 aromatic heterocycles. The zero-order valence-electron chi connectivity index (χ0n) is 11.9. The zero-order chi connectivity index (χ0) is 14.6. The van der Waals surface area contributed by atoms with Crippen LogP contribution in [-0.4, -0.2) is 67.1 Å². The number of unbranched alkanes of at least 4 members (excludes halogenated alkanes) is 1. The molecule has 1 fully saturated rings. The SMILES string of the molecule is Cc1[nH]ncc1S(=O)(=O)N1CCN(CCCCN)CC1. The molecule has 0 unspecified atom stereocenters. The Morgan fingerprint density at radius 3 is 2.55 bits per heavy atom. The Morgan fingerprint density at radius 2 is 2.00 bits per heavy atom. The average molecular weight is 301 g/mol. The van der Waals surface area contributed by atoms with Crippen LogP contribution in [0.1, 0.15) is 18.5 Å². The lowest BCUT2D eigenvalue weighted by molar-refractivity contribution is 0.186. The third kappa shape index (κ3) is 3.38. The number of aromatic nitrogens is 2. The van der Waals surface area contributed by atoms with Gasteiger partial charge in [0.25, 0.3) is 0 Å². The topological polar surface area (TPSA) is 95.3 Å². The van der Waals surface area contributed by atoms with Crippen molar-refractivity contribution in [2.24, 2.45) is 5.73 Å². The second kappa shape index (κ2) is 6.66. The highest BCUT2D eigenvalue weighted by Crippen LogP contribution is 2.19. The van der Waals surface area contributed by atoms with Crippen LogP contribution in [-0.2, 0) is 10.0 Å². The minimum atomic E-state index is -3.41. The number of nitrogens with two attached hydrogens (primary N) is 1. The van der Waals surface area contributed by atoms with E-state index in [1.807, 2.05) is 0 Å². The normalized spacial score (nSPS) is 18.5. The fourth-order valence-electron chi connectivity index (χ4n) is 2.41. The minimum Gasteiger partial charge on any atom is -0.330 e. The first-order valence-corrected chi connectivity index (χ1v) is 8.42. The molecule has 1 aliphatic heterocycles. The van der Waals surface area contributed by atoms with Crippen LogP contribution in [0.2, 0.25) is 0 Å². The maximum atomic E-state index is 12.5. The molecule has 0 radical (unpaired) electrons. The summed E-state index contributed by atoms with van der Waals surface area (Å²) in [4.78, 5) is 2.58. The van der Waals surface area contributed by atoms with Crippen molar-refractivity contribution in [1.82, 2.24) is 19.4 Å². The first kappa shape index (κ1) is 15.4. The molecule has 1 aromatic rings. The largest absolute Gasteiger partial charge is 0.330 e.